The van der Waals surface area contributed by atoms with Gasteiger partial charge in [0.1, 0.15) is 0 Å². The van der Waals surface area contributed by atoms with Crippen LogP contribution in [0.3, 0.4) is 0 Å². The Morgan fingerprint density at radius 1 is 0.973 bits per heavy atom. The minimum Gasteiger partial charge on any atom is -0.379 e. The zero-order valence-electron chi connectivity index (χ0n) is 21.3. The van der Waals surface area contributed by atoms with E-state index in [1.165, 1.54) is 0 Å². The Morgan fingerprint density at radius 2 is 1.70 bits per heavy atom. The summed E-state index contributed by atoms with van der Waals surface area (Å²) in [6, 6.07) is 17.2. The van der Waals surface area contributed by atoms with E-state index in [1.807, 2.05) is 56.3 Å². The maximum atomic E-state index is 13.6. The summed E-state index contributed by atoms with van der Waals surface area (Å²) in [5.41, 5.74) is 2.72. The molecule has 198 valence electrons. The van der Waals surface area contributed by atoms with Crippen molar-refractivity contribution in [1.82, 2.24) is 13.8 Å². The van der Waals surface area contributed by atoms with Gasteiger partial charge in [0.2, 0.25) is 10.0 Å². The first-order valence-electron chi connectivity index (χ1n) is 12.7. The number of morpholine rings is 2. The molecule has 2 saturated heterocycles. The van der Waals surface area contributed by atoms with Crippen molar-refractivity contribution in [3.63, 3.8) is 0 Å². The Morgan fingerprint density at radius 3 is 2.43 bits per heavy atom. The molecule has 0 unspecified atom stereocenters. The minimum atomic E-state index is -3.64. The molecule has 2 fully saturated rings. The highest BCUT2D eigenvalue weighted by Gasteiger charge is 2.32. The van der Waals surface area contributed by atoms with E-state index in [9.17, 15) is 8.42 Å². The van der Waals surface area contributed by atoms with Crippen LogP contribution < -0.4 is 4.80 Å². The van der Waals surface area contributed by atoms with Gasteiger partial charge < -0.3 is 14.0 Å². The molecule has 2 aliphatic rings. The SMILES string of the molecule is C[C@@H]1CN(S(=O)(=O)c2cccc(-c3csc(=Nc4ccccc4)n3CCN3CCOCC3)c2)C[C@H](C)O1. The summed E-state index contributed by atoms with van der Waals surface area (Å²) in [4.78, 5) is 8.50. The van der Waals surface area contributed by atoms with Crippen molar-refractivity contribution in [2.24, 2.45) is 4.99 Å². The molecule has 0 saturated carbocycles. The molecule has 37 heavy (non-hydrogen) atoms. The van der Waals surface area contributed by atoms with E-state index in [0.29, 0.717) is 18.0 Å². The fourth-order valence-corrected chi connectivity index (χ4v) is 7.43. The molecule has 0 bridgehead atoms. The summed E-state index contributed by atoms with van der Waals surface area (Å²) >= 11 is 1.57. The lowest BCUT2D eigenvalue weighted by Crippen LogP contribution is -2.48. The van der Waals surface area contributed by atoms with Gasteiger partial charge in [-0.3, -0.25) is 4.90 Å². The summed E-state index contributed by atoms with van der Waals surface area (Å²) in [6.07, 6.45) is -0.272. The molecule has 5 rings (SSSR count). The second-order valence-corrected chi connectivity index (χ2v) is 12.3. The lowest BCUT2D eigenvalue weighted by atomic mass is 10.2. The fraction of sp³-hybridized carbons (Fsp3) is 0.444. The van der Waals surface area contributed by atoms with Crippen LogP contribution in [0, 0.1) is 0 Å². The zero-order chi connectivity index (χ0) is 25.8. The van der Waals surface area contributed by atoms with Gasteiger partial charge in [0.15, 0.2) is 4.80 Å². The maximum absolute atomic E-state index is 13.6. The van der Waals surface area contributed by atoms with Crippen molar-refractivity contribution in [2.75, 3.05) is 45.9 Å². The summed E-state index contributed by atoms with van der Waals surface area (Å²) in [7, 11) is -3.64. The Hall–Kier alpha value is -2.34. The Kier molecular flexibility index (Phi) is 8.23. The molecule has 8 nitrogen and oxygen atoms in total. The Bertz CT molecular complexity index is 1350. The van der Waals surface area contributed by atoms with Crippen molar-refractivity contribution < 1.29 is 17.9 Å². The summed E-state index contributed by atoms with van der Waals surface area (Å²) in [5.74, 6) is 0. The average Bonchev–Trinajstić information content (AvgIpc) is 3.30. The smallest absolute Gasteiger partial charge is 0.243 e. The molecule has 0 spiro atoms. The van der Waals surface area contributed by atoms with Crippen LogP contribution in [0.25, 0.3) is 11.3 Å². The van der Waals surface area contributed by atoms with Crippen molar-refractivity contribution in [3.05, 3.63) is 64.8 Å². The van der Waals surface area contributed by atoms with E-state index in [-0.39, 0.29) is 12.2 Å². The molecular formula is C27H34N4O4S2. The summed E-state index contributed by atoms with van der Waals surface area (Å²) in [5, 5.41) is 2.08. The molecule has 3 heterocycles. The lowest BCUT2D eigenvalue weighted by Gasteiger charge is -2.34. The summed E-state index contributed by atoms with van der Waals surface area (Å²) < 4.78 is 42.1. The first kappa shape index (κ1) is 26.3. The third-order valence-electron chi connectivity index (χ3n) is 6.68. The predicted molar refractivity (Wildman–Crippen MR) is 145 cm³/mol. The van der Waals surface area contributed by atoms with Crippen molar-refractivity contribution in [3.8, 4) is 11.3 Å². The van der Waals surface area contributed by atoms with Gasteiger partial charge in [-0.2, -0.15) is 4.31 Å². The predicted octanol–water partition coefficient (Wildman–Crippen LogP) is 3.58. The monoisotopic (exact) mass is 542 g/mol. The van der Waals surface area contributed by atoms with E-state index < -0.39 is 10.0 Å². The van der Waals surface area contributed by atoms with E-state index in [1.54, 1.807) is 27.8 Å². The van der Waals surface area contributed by atoms with Crippen LogP contribution in [0.1, 0.15) is 13.8 Å². The first-order chi connectivity index (χ1) is 17.9. The highest BCUT2D eigenvalue weighted by atomic mass is 32.2. The highest BCUT2D eigenvalue weighted by molar-refractivity contribution is 7.89. The number of nitrogens with zero attached hydrogens (tertiary/aromatic N) is 4. The van der Waals surface area contributed by atoms with Gasteiger partial charge in [-0.25, -0.2) is 13.4 Å². The largest absolute Gasteiger partial charge is 0.379 e. The molecule has 0 amide bonds. The number of thiazole rings is 1. The topological polar surface area (TPSA) is 76.4 Å². The third kappa shape index (κ3) is 6.22. The molecule has 1 aromatic heterocycles. The minimum absolute atomic E-state index is 0.136. The van der Waals surface area contributed by atoms with Gasteiger partial charge in [0, 0.05) is 50.2 Å². The molecular weight excluding hydrogens is 508 g/mol. The van der Waals surface area contributed by atoms with Crippen LogP contribution in [-0.4, -0.2) is 80.3 Å². The number of para-hydroxylation sites is 1. The quantitative estimate of drug-likeness (QED) is 0.456. The molecule has 2 atom stereocenters. The van der Waals surface area contributed by atoms with Crippen molar-refractivity contribution in [1.29, 1.82) is 0 Å². The highest BCUT2D eigenvalue weighted by Crippen LogP contribution is 2.27. The zero-order valence-corrected chi connectivity index (χ0v) is 23.0. The Labute approximate surface area is 222 Å². The molecule has 3 aromatic rings. The van der Waals surface area contributed by atoms with Crippen LogP contribution in [0.15, 0.2) is 69.9 Å². The van der Waals surface area contributed by atoms with Gasteiger partial charge in [-0.15, -0.1) is 11.3 Å². The van der Waals surface area contributed by atoms with E-state index in [4.69, 9.17) is 14.5 Å². The van der Waals surface area contributed by atoms with Crippen LogP contribution in [0.5, 0.6) is 0 Å². The van der Waals surface area contributed by atoms with E-state index in [0.717, 1.165) is 61.1 Å². The molecule has 2 aromatic carbocycles. The van der Waals surface area contributed by atoms with Crippen molar-refractivity contribution >= 4 is 27.0 Å². The van der Waals surface area contributed by atoms with Gasteiger partial charge in [0.05, 0.1) is 41.7 Å². The number of rotatable bonds is 7. The standard InChI is InChI=1S/C27H34N4O4S2/c1-21-18-30(19-22(2)35-21)37(32,33)25-10-6-7-23(17-25)26-20-36-27(28-24-8-4-3-5-9-24)31(26)12-11-29-13-15-34-16-14-29/h3-10,17,20-22H,11-16,18-19H2,1-2H3/t21-,22+. The number of ether oxygens (including phenoxy) is 2. The van der Waals surface area contributed by atoms with Crippen LogP contribution in [0.2, 0.25) is 0 Å². The second kappa shape index (κ2) is 11.6. The average molecular weight is 543 g/mol. The first-order valence-corrected chi connectivity index (χ1v) is 15.1. The second-order valence-electron chi connectivity index (χ2n) is 9.56. The third-order valence-corrected chi connectivity index (χ3v) is 9.37. The Balaban J connectivity index is 1.49. The fourth-order valence-electron chi connectivity index (χ4n) is 4.84. The summed E-state index contributed by atoms with van der Waals surface area (Å²) in [6.45, 7) is 9.48. The van der Waals surface area contributed by atoms with Crippen LogP contribution >= 0.6 is 11.3 Å². The number of benzene rings is 2. The lowest BCUT2D eigenvalue weighted by molar-refractivity contribution is -0.0440. The van der Waals surface area contributed by atoms with Gasteiger partial charge >= 0.3 is 0 Å². The molecule has 0 N–H and O–H groups in total. The van der Waals surface area contributed by atoms with Crippen LogP contribution in [-0.2, 0) is 26.0 Å². The molecule has 2 aliphatic heterocycles. The number of aromatic nitrogens is 1. The molecule has 10 heteroatoms. The van der Waals surface area contributed by atoms with Gasteiger partial charge in [-0.05, 0) is 38.1 Å². The molecule has 0 radical (unpaired) electrons. The van der Waals surface area contributed by atoms with E-state index >= 15 is 0 Å². The van der Waals surface area contributed by atoms with Crippen molar-refractivity contribution in [2.45, 2.75) is 37.5 Å². The number of hydrogen-bond acceptors (Lipinski definition) is 7. The van der Waals surface area contributed by atoms with Crippen LogP contribution in [0.4, 0.5) is 5.69 Å². The number of hydrogen-bond donors (Lipinski definition) is 0. The van der Waals surface area contributed by atoms with Gasteiger partial charge in [0.25, 0.3) is 0 Å². The maximum Gasteiger partial charge on any atom is 0.243 e. The number of sulfonamides is 1. The molecule has 0 aliphatic carbocycles. The normalized spacial score (nSPS) is 22.4. The van der Waals surface area contributed by atoms with E-state index in [2.05, 4.69) is 14.8 Å². The van der Waals surface area contributed by atoms with Gasteiger partial charge in [-0.1, -0.05) is 30.3 Å².